The number of pyridine rings is 1. The molecule has 2 aliphatic rings. The quantitative estimate of drug-likeness (QED) is 0.694. The Kier molecular flexibility index (Phi) is 5.58. The molecule has 28 heavy (non-hydrogen) atoms. The maximum absolute atomic E-state index is 14.6. The van der Waals surface area contributed by atoms with Gasteiger partial charge in [0.05, 0.1) is 19.1 Å². The summed E-state index contributed by atoms with van der Waals surface area (Å²) in [4.78, 5) is 16.1. The van der Waals surface area contributed by atoms with E-state index in [0.29, 0.717) is 0 Å². The number of carbonyl (C=O) groups is 1. The zero-order chi connectivity index (χ0) is 19.7. The van der Waals surface area contributed by atoms with Crippen LogP contribution < -0.4 is 5.32 Å². The first-order valence-corrected chi connectivity index (χ1v) is 11.1. The predicted octanol–water partition coefficient (Wildman–Crippen LogP) is 4.50. The number of aryl methyl sites for hydroxylation is 1. The minimum Gasteiger partial charge on any atom is -0.469 e. The zero-order valence-corrected chi connectivity index (χ0v) is 17.0. The summed E-state index contributed by atoms with van der Waals surface area (Å²) in [5, 5.41) is 3.40. The van der Waals surface area contributed by atoms with Gasteiger partial charge in [-0.25, -0.2) is 9.37 Å². The van der Waals surface area contributed by atoms with Crippen LogP contribution in [0.4, 0.5) is 10.2 Å². The van der Waals surface area contributed by atoms with Crippen LogP contribution in [-0.4, -0.2) is 30.1 Å². The second-order valence-corrected chi connectivity index (χ2v) is 8.51. The van der Waals surface area contributed by atoms with Crippen LogP contribution in [0.15, 0.2) is 30.5 Å². The fourth-order valence-electron chi connectivity index (χ4n) is 4.24. The molecule has 148 valence electrons. The lowest BCUT2D eigenvalue weighted by Crippen LogP contribution is -2.11. The van der Waals surface area contributed by atoms with E-state index in [1.165, 1.54) is 18.2 Å². The Morgan fingerprint density at radius 3 is 2.93 bits per heavy atom. The number of hydrogen-bond acceptors (Lipinski definition) is 5. The van der Waals surface area contributed by atoms with E-state index in [2.05, 4.69) is 16.6 Å². The first kappa shape index (κ1) is 19.2. The monoisotopic (exact) mass is 400 g/mol. The van der Waals surface area contributed by atoms with E-state index in [1.54, 1.807) is 6.07 Å². The molecular weight excluding hydrogens is 375 g/mol. The number of aromatic nitrogens is 1. The number of anilines is 1. The van der Waals surface area contributed by atoms with E-state index in [0.717, 1.165) is 48.4 Å². The van der Waals surface area contributed by atoms with Crippen molar-refractivity contribution in [3.05, 3.63) is 58.5 Å². The average molecular weight is 401 g/mol. The summed E-state index contributed by atoms with van der Waals surface area (Å²) in [6, 6.07) is 7.42. The summed E-state index contributed by atoms with van der Waals surface area (Å²) in [6.45, 7) is 0. The van der Waals surface area contributed by atoms with Crippen molar-refractivity contribution in [1.29, 1.82) is 0 Å². The van der Waals surface area contributed by atoms with Gasteiger partial charge in [0.15, 0.2) is 0 Å². The smallest absolute Gasteiger partial charge is 0.309 e. The number of rotatable bonds is 7. The molecule has 2 aromatic rings. The van der Waals surface area contributed by atoms with Gasteiger partial charge in [-0.15, -0.1) is 0 Å². The van der Waals surface area contributed by atoms with Crippen molar-refractivity contribution < 1.29 is 13.9 Å². The minimum atomic E-state index is -0.150. The van der Waals surface area contributed by atoms with E-state index in [1.807, 2.05) is 36.2 Å². The molecule has 4 rings (SSSR count). The number of ether oxygens (including phenoxy) is 1. The molecule has 1 N–H and O–H groups in total. The number of nitrogens with one attached hydrogen (secondary N) is 1. The number of benzene rings is 1. The normalized spacial score (nSPS) is 22.6. The third-order valence-corrected chi connectivity index (χ3v) is 6.45. The van der Waals surface area contributed by atoms with Gasteiger partial charge in [-0.1, -0.05) is 12.1 Å². The van der Waals surface area contributed by atoms with Crippen LogP contribution in [0.2, 0.25) is 0 Å². The maximum atomic E-state index is 14.6. The predicted molar refractivity (Wildman–Crippen MR) is 110 cm³/mol. The molecule has 1 aromatic carbocycles. The van der Waals surface area contributed by atoms with Crippen LogP contribution in [0, 0.1) is 11.7 Å². The van der Waals surface area contributed by atoms with Crippen LogP contribution in [-0.2, 0) is 22.4 Å². The fraction of sp³-hybridized carbons (Fsp3) is 0.455. The molecule has 0 saturated heterocycles. The van der Waals surface area contributed by atoms with Crippen molar-refractivity contribution in [2.45, 2.75) is 37.6 Å². The molecule has 2 aliphatic carbocycles. The molecule has 0 amide bonds. The van der Waals surface area contributed by atoms with Gasteiger partial charge < -0.3 is 10.1 Å². The number of esters is 1. The van der Waals surface area contributed by atoms with Gasteiger partial charge >= 0.3 is 5.97 Å². The van der Waals surface area contributed by atoms with Gasteiger partial charge in [-0.05, 0) is 72.4 Å². The van der Waals surface area contributed by atoms with Crippen molar-refractivity contribution in [3.8, 4) is 0 Å². The van der Waals surface area contributed by atoms with Crippen LogP contribution in [0.1, 0.15) is 47.1 Å². The van der Waals surface area contributed by atoms with E-state index in [9.17, 15) is 9.18 Å². The summed E-state index contributed by atoms with van der Waals surface area (Å²) >= 11 is 1.81. The number of fused-ring (bicyclic) bond motifs is 1. The van der Waals surface area contributed by atoms with Crippen molar-refractivity contribution in [1.82, 2.24) is 4.98 Å². The summed E-state index contributed by atoms with van der Waals surface area (Å²) in [5.74, 6) is 1.67. The van der Waals surface area contributed by atoms with Crippen molar-refractivity contribution in [2.24, 2.45) is 5.92 Å². The molecule has 0 spiro atoms. The van der Waals surface area contributed by atoms with Gasteiger partial charge in [0.1, 0.15) is 11.6 Å². The Hall–Kier alpha value is -2.08. The Bertz CT molecular complexity index is 872. The Labute approximate surface area is 169 Å². The third kappa shape index (κ3) is 3.75. The Morgan fingerprint density at radius 2 is 2.21 bits per heavy atom. The van der Waals surface area contributed by atoms with Gasteiger partial charge in [0.2, 0.25) is 0 Å². The topological polar surface area (TPSA) is 51.2 Å². The molecule has 4 nitrogen and oxygen atoms in total. The van der Waals surface area contributed by atoms with Gasteiger partial charge in [0.25, 0.3) is 0 Å². The van der Waals surface area contributed by atoms with Crippen molar-refractivity contribution in [3.63, 3.8) is 0 Å². The first-order chi connectivity index (χ1) is 13.6. The van der Waals surface area contributed by atoms with E-state index in [4.69, 9.17) is 4.74 Å². The lowest BCUT2D eigenvalue weighted by Gasteiger charge is -2.17. The van der Waals surface area contributed by atoms with Crippen LogP contribution in [0.25, 0.3) is 0 Å². The van der Waals surface area contributed by atoms with Crippen LogP contribution in [0.5, 0.6) is 0 Å². The van der Waals surface area contributed by atoms with Crippen molar-refractivity contribution in [2.75, 3.05) is 24.4 Å². The molecular formula is C22H25FN2O2S. The molecule has 0 radical (unpaired) electrons. The summed E-state index contributed by atoms with van der Waals surface area (Å²) in [6.07, 6.45) is 7.48. The molecule has 1 fully saturated rings. The first-order valence-electron chi connectivity index (χ1n) is 9.71. The molecule has 0 aliphatic heterocycles. The molecule has 0 unspecified atom stereocenters. The average Bonchev–Trinajstić information content (AvgIpc) is 3.41. The van der Waals surface area contributed by atoms with Gasteiger partial charge in [-0.2, -0.15) is 11.8 Å². The maximum Gasteiger partial charge on any atom is 0.309 e. The Balaban J connectivity index is 1.46. The Morgan fingerprint density at radius 1 is 1.36 bits per heavy atom. The largest absolute Gasteiger partial charge is 0.469 e. The standard InChI is InChI=1S/C22H25FN2O2S/c1-27-22(26)17-11-16(17)14-4-8-20(24-12-14)25-19-7-5-15-13(9-10-28-2)3-6-18(23)21(15)19/h3-4,6,8,12,16-17,19H,5,7,9-11H2,1-2H3,(H,24,25)/t16-,17+,19-/m1/s1. The lowest BCUT2D eigenvalue weighted by molar-refractivity contribution is -0.142. The van der Waals surface area contributed by atoms with E-state index in [-0.39, 0.29) is 29.7 Å². The number of halogens is 1. The second-order valence-electron chi connectivity index (χ2n) is 7.53. The lowest BCUT2D eigenvalue weighted by atomic mass is 10.00. The fourth-order valence-corrected chi connectivity index (χ4v) is 4.66. The second kappa shape index (κ2) is 8.11. The molecule has 3 atom stereocenters. The number of thioether (sulfide) groups is 1. The number of hydrogen-bond donors (Lipinski definition) is 1. The highest BCUT2D eigenvalue weighted by Crippen LogP contribution is 2.48. The molecule has 1 saturated carbocycles. The highest BCUT2D eigenvalue weighted by molar-refractivity contribution is 7.98. The van der Waals surface area contributed by atoms with Gasteiger partial charge in [0, 0.05) is 11.8 Å². The minimum absolute atomic E-state index is 0.0406. The molecule has 1 aromatic heterocycles. The number of methoxy groups -OCH3 is 1. The van der Waals surface area contributed by atoms with Crippen LogP contribution >= 0.6 is 11.8 Å². The summed E-state index contributed by atoms with van der Waals surface area (Å²) < 4.78 is 19.4. The van der Waals surface area contributed by atoms with E-state index < -0.39 is 0 Å². The number of carbonyl (C=O) groups excluding carboxylic acids is 1. The van der Waals surface area contributed by atoms with Crippen LogP contribution in [0.3, 0.4) is 0 Å². The summed E-state index contributed by atoms with van der Waals surface area (Å²) in [7, 11) is 1.42. The van der Waals surface area contributed by atoms with E-state index >= 15 is 0 Å². The number of nitrogens with zero attached hydrogens (tertiary/aromatic N) is 1. The molecule has 0 bridgehead atoms. The summed E-state index contributed by atoms with van der Waals surface area (Å²) in [5.41, 5.74) is 4.29. The highest BCUT2D eigenvalue weighted by atomic mass is 32.2. The third-order valence-electron chi connectivity index (χ3n) is 5.84. The van der Waals surface area contributed by atoms with Gasteiger partial charge in [-0.3, -0.25) is 4.79 Å². The SMILES string of the molecule is COC(=O)[C@H]1C[C@@H]1c1ccc(N[C@@H]2CCc3c(CCSC)ccc(F)c32)nc1. The highest BCUT2D eigenvalue weighted by Gasteiger charge is 2.45. The molecule has 1 heterocycles. The zero-order valence-electron chi connectivity index (χ0n) is 16.2. The molecule has 6 heteroatoms. The van der Waals surface area contributed by atoms with Crippen molar-refractivity contribution >= 4 is 23.5 Å².